The van der Waals surface area contributed by atoms with Crippen molar-refractivity contribution in [1.82, 2.24) is 0 Å². The van der Waals surface area contributed by atoms with Gasteiger partial charge in [-0.15, -0.1) is 0 Å². The normalized spacial score (nSPS) is 39.9. The van der Waals surface area contributed by atoms with Crippen LogP contribution in [0, 0.1) is 46.3 Å². The molecule has 4 aliphatic carbocycles. The van der Waals surface area contributed by atoms with E-state index in [-0.39, 0.29) is 18.2 Å². The number of esters is 1. The molecule has 4 fully saturated rings. The lowest BCUT2D eigenvalue weighted by molar-refractivity contribution is -0.129. The molecule has 212 valence electrons. The number of hydrogen-bond acceptors (Lipinski definition) is 4. The van der Waals surface area contributed by atoms with Crippen molar-refractivity contribution in [2.45, 2.75) is 111 Å². The number of carbonyl (C=O) groups excluding carboxylic acids is 1. The summed E-state index contributed by atoms with van der Waals surface area (Å²) in [7, 11) is 0. The SMILES string of the molecule is CCOCC(CC[C@@H](C)[C@H]1CCC2[C@@H]3CCC4C[C@@H](O)CC[C@]4(C)[C@H]3CC[C@@]21C)OC(=O)c1ccccc1. The van der Waals surface area contributed by atoms with E-state index in [1.165, 1.54) is 44.9 Å². The highest BCUT2D eigenvalue weighted by atomic mass is 16.6. The van der Waals surface area contributed by atoms with E-state index >= 15 is 0 Å². The molecule has 4 aliphatic rings. The van der Waals surface area contributed by atoms with Crippen LogP contribution >= 0.6 is 0 Å². The van der Waals surface area contributed by atoms with Crippen LogP contribution in [0.2, 0.25) is 0 Å². The number of carbonyl (C=O) groups is 1. The van der Waals surface area contributed by atoms with Gasteiger partial charge in [-0.1, -0.05) is 39.0 Å². The summed E-state index contributed by atoms with van der Waals surface area (Å²) in [6.07, 6.45) is 13.2. The van der Waals surface area contributed by atoms with Crippen molar-refractivity contribution in [2.75, 3.05) is 13.2 Å². The smallest absolute Gasteiger partial charge is 0.338 e. The fraction of sp³-hybridized carbons (Fsp3) is 0.794. The lowest BCUT2D eigenvalue weighted by atomic mass is 9.44. The maximum absolute atomic E-state index is 12.7. The van der Waals surface area contributed by atoms with Gasteiger partial charge in [-0.2, -0.15) is 0 Å². The minimum atomic E-state index is -0.242. The molecular formula is C34H52O4. The van der Waals surface area contributed by atoms with Gasteiger partial charge in [-0.25, -0.2) is 4.79 Å². The van der Waals surface area contributed by atoms with Crippen LogP contribution in [-0.4, -0.2) is 36.5 Å². The zero-order chi connectivity index (χ0) is 26.9. The number of fused-ring (bicyclic) bond motifs is 5. The number of hydrogen-bond donors (Lipinski definition) is 1. The third-order valence-corrected chi connectivity index (χ3v) is 12.1. The van der Waals surface area contributed by atoms with Crippen LogP contribution in [0.4, 0.5) is 0 Å². The van der Waals surface area contributed by atoms with Crippen molar-refractivity contribution < 1.29 is 19.4 Å². The first-order valence-corrected chi connectivity index (χ1v) is 15.8. The van der Waals surface area contributed by atoms with Crippen LogP contribution in [0.1, 0.15) is 109 Å². The first kappa shape index (κ1) is 28.1. The van der Waals surface area contributed by atoms with Crippen LogP contribution < -0.4 is 0 Å². The molecule has 1 aromatic carbocycles. The van der Waals surface area contributed by atoms with E-state index < -0.39 is 0 Å². The van der Waals surface area contributed by atoms with Crippen LogP contribution in [0.15, 0.2) is 30.3 Å². The predicted molar refractivity (Wildman–Crippen MR) is 152 cm³/mol. The maximum atomic E-state index is 12.7. The van der Waals surface area contributed by atoms with Crippen molar-refractivity contribution >= 4 is 5.97 Å². The third kappa shape index (κ3) is 5.33. The second-order valence-corrected chi connectivity index (χ2v) is 13.9. The Balaban J connectivity index is 1.21. The second kappa shape index (κ2) is 11.6. The Hall–Kier alpha value is -1.39. The standard InChI is InChI=1S/C34H52O4/c1-5-37-22-27(38-32(36)24-9-7-6-8-10-24)13-11-23(2)29-15-16-30-28-14-12-25-21-26(35)17-19-33(25,3)31(28)18-20-34(29,30)4/h6-10,23,25-31,35H,5,11-22H2,1-4H3/t23-,25?,26+,27?,28+,29-,30?,31+,33+,34-/m1/s1. The van der Waals surface area contributed by atoms with Gasteiger partial charge in [0.25, 0.3) is 0 Å². The number of rotatable bonds is 9. The molecule has 0 aliphatic heterocycles. The molecule has 4 nitrogen and oxygen atoms in total. The fourth-order valence-electron chi connectivity index (χ4n) is 10.1. The van der Waals surface area contributed by atoms with Crippen LogP contribution in [0.25, 0.3) is 0 Å². The van der Waals surface area contributed by atoms with Crippen LogP contribution in [0.3, 0.4) is 0 Å². The van der Waals surface area contributed by atoms with Gasteiger partial charge in [0.1, 0.15) is 6.10 Å². The molecule has 0 radical (unpaired) electrons. The summed E-state index contributed by atoms with van der Waals surface area (Å²) in [6, 6.07) is 9.33. The Kier molecular flexibility index (Phi) is 8.60. The average Bonchev–Trinajstić information content (AvgIpc) is 3.28. The molecule has 4 saturated carbocycles. The van der Waals surface area contributed by atoms with E-state index in [0.29, 0.717) is 35.5 Å². The quantitative estimate of drug-likeness (QED) is 0.337. The first-order chi connectivity index (χ1) is 18.3. The van der Waals surface area contributed by atoms with Gasteiger partial charge >= 0.3 is 5.97 Å². The minimum Gasteiger partial charge on any atom is -0.456 e. The minimum absolute atomic E-state index is 0.0614. The second-order valence-electron chi connectivity index (χ2n) is 13.9. The van der Waals surface area contributed by atoms with Crippen molar-refractivity contribution in [3.05, 3.63) is 35.9 Å². The monoisotopic (exact) mass is 524 g/mol. The predicted octanol–water partition coefficient (Wildman–Crippen LogP) is 7.68. The molecule has 3 unspecified atom stereocenters. The van der Waals surface area contributed by atoms with Gasteiger partial charge in [0.2, 0.25) is 0 Å². The molecule has 1 N–H and O–H groups in total. The summed E-state index contributed by atoms with van der Waals surface area (Å²) >= 11 is 0. The van der Waals surface area contributed by atoms with E-state index in [4.69, 9.17) is 9.47 Å². The van der Waals surface area contributed by atoms with Gasteiger partial charge < -0.3 is 14.6 Å². The zero-order valence-corrected chi connectivity index (χ0v) is 24.4. The Bertz CT molecular complexity index is 932. The van der Waals surface area contributed by atoms with Gasteiger partial charge in [-0.3, -0.25) is 0 Å². The molecule has 0 bridgehead atoms. The molecule has 0 aromatic heterocycles. The molecule has 4 heteroatoms. The molecule has 10 atom stereocenters. The van der Waals surface area contributed by atoms with Gasteiger partial charge in [-0.05, 0) is 136 Å². The molecule has 0 spiro atoms. The summed E-state index contributed by atoms with van der Waals surface area (Å²) in [5.41, 5.74) is 1.50. The summed E-state index contributed by atoms with van der Waals surface area (Å²) < 4.78 is 11.7. The maximum Gasteiger partial charge on any atom is 0.338 e. The molecular weight excluding hydrogens is 472 g/mol. The molecule has 0 heterocycles. The highest BCUT2D eigenvalue weighted by Crippen LogP contribution is 2.68. The summed E-state index contributed by atoms with van der Waals surface area (Å²) in [5, 5.41) is 10.4. The summed E-state index contributed by atoms with van der Waals surface area (Å²) in [5.74, 6) is 4.45. The van der Waals surface area contributed by atoms with E-state index in [9.17, 15) is 9.90 Å². The molecule has 0 amide bonds. The topological polar surface area (TPSA) is 55.8 Å². The molecule has 0 saturated heterocycles. The van der Waals surface area contributed by atoms with Crippen molar-refractivity contribution in [3.8, 4) is 0 Å². The number of aliphatic hydroxyl groups excluding tert-OH is 1. The van der Waals surface area contributed by atoms with Crippen molar-refractivity contribution in [1.29, 1.82) is 0 Å². The van der Waals surface area contributed by atoms with E-state index in [1.54, 1.807) is 0 Å². The highest BCUT2D eigenvalue weighted by molar-refractivity contribution is 5.89. The Labute approximate surface area is 231 Å². The number of aliphatic hydroxyl groups is 1. The van der Waals surface area contributed by atoms with Crippen molar-refractivity contribution in [3.63, 3.8) is 0 Å². The van der Waals surface area contributed by atoms with Crippen LogP contribution in [0.5, 0.6) is 0 Å². The van der Waals surface area contributed by atoms with E-state index in [1.807, 2.05) is 37.3 Å². The molecule has 5 rings (SSSR count). The van der Waals surface area contributed by atoms with Gasteiger partial charge in [0, 0.05) is 6.61 Å². The number of benzene rings is 1. The molecule has 38 heavy (non-hydrogen) atoms. The first-order valence-electron chi connectivity index (χ1n) is 15.8. The van der Waals surface area contributed by atoms with E-state index in [2.05, 4.69) is 20.8 Å². The van der Waals surface area contributed by atoms with E-state index in [0.717, 1.165) is 55.3 Å². The van der Waals surface area contributed by atoms with Crippen LogP contribution in [-0.2, 0) is 9.47 Å². The summed E-state index contributed by atoms with van der Waals surface area (Å²) in [6.45, 7) is 10.8. The third-order valence-electron chi connectivity index (χ3n) is 12.1. The lowest BCUT2D eigenvalue weighted by Gasteiger charge is -2.61. The Morgan fingerprint density at radius 1 is 0.974 bits per heavy atom. The molecule has 1 aromatic rings. The zero-order valence-electron chi connectivity index (χ0n) is 24.4. The Morgan fingerprint density at radius 2 is 1.71 bits per heavy atom. The van der Waals surface area contributed by atoms with Gasteiger partial charge in [0.15, 0.2) is 0 Å². The lowest BCUT2D eigenvalue weighted by Crippen LogP contribution is -2.54. The highest BCUT2D eigenvalue weighted by Gasteiger charge is 2.60. The van der Waals surface area contributed by atoms with Crippen molar-refractivity contribution in [2.24, 2.45) is 46.3 Å². The average molecular weight is 525 g/mol. The Morgan fingerprint density at radius 3 is 2.47 bits per heavy atom. The summed E-state index contributed by atoms with van der Waals surface area (Å²) in [4.78, 5) is 12.7. The van der Waals surface area contributed by atoms with Gasteiger partial charge in [0.05, 0.1) is 18.3 Å². The number of ether oxygens (including phenoxy) is 2. The largest absolute Gasteiger partial charge is 0.456 e. The fourth-order valence-corrected chi connectivity index (χ4v) is 10.1.